The van der Waals surface area contributed by atoms with Crippen LogP contribution in [0.2, 0.25) is 0 Å². The first-order valence-corrected chi connectivity index (χ1v) is 13.5. The molecule has 5 rings (SSSR count). The largest absolute Gasteiger partial charge is 0.493 e. The molecule has 1 saturated heterocycles. The lowest BCUT2D eigenvalue weighted by molar-refractivity contribution is 0.0694. The Kier molecular flexibility index (Phi) is 8.08. The minimum absolute atomic E-state index is 0.169. The quantitative estimate of drug-likeness (QED) is 0.431. The topological polar surface area (TPSA) is 88.0 Å². The van der Waals surface area contributed by atoms with Crippen molar-refractivity contribution >= 4 is 11.9 Å². The Bertz CT molecular complexity index is 1210. The van der Waals surface area contributed by atoms with Crippen molar-refractivity contribution in [1.82, 2.24) is 14.9 Å². The molecular weight excluding hydrogens is 480 g/mol. The van der Waals surface area contributed by atoms with Crippen molar-refractivity contribution in [2.24, 2.45) is 5.92 Å². The number of piperazine rings is 1. The third-order valence-electron chi connectivity index (χ3n) is 7.07. The molecule has 1 atom stereocenters. The Morgan fingerprint density at radius 2 is 1.84 bits per heavy atom. The molecule has 0 unspecified atom stereocenters. The summed E-state index contributed by atoms with van der Waals surface area (Å²) in [6.45, 7) is 9.19. The van der Waals surface area contributed by atoms with Crippen molar-refractivity contribution in [1.29, 1.82) is 0 Å². The zero-order chi connectivity index (χ0) is 26.5. The van der Waals surface area contributed by atoms with Gasteiger partial charge in [-0.2, -0.15) is 0 Å². The van der Waals surface area contributed by atoms with Gasteiger partial charge in [-0.05, 0) is 48.1 Å². The Morgan fingerprint density at radius 3 is 2.55 bits per heavy atom. The Balaban J connectivity index is 1.17. The summed E-state index contributed by atoms with van der Waals surface area (Å²) in [6.07, 6.45) is 3.82. The highest BCUT2D eigenvalue weighted by molar-refractivity contribution is 5.88. The third kappa shape index (κ3) is 6.42. The summed E-state index contributed by atoms with van der Waals surface area (Å²) in [6, 6.07) is 16.3. The summed E-state index contributed by atoms with van der Waals surface area (Å²) in [5.74, 6) is 1.93. The van der Waals surface area contributed by atoms with Gasteiger partial charge in [0, 0.05) is 45.3 Å². The second-order valence-corrected chi connectivity index (χ2v) is 10.5. The fourth-order valence-corrected chi connectivity index (χ4v) is 4.98. The van der Waals surface area contributed by atoms with Crippen molar-refractivity contribution in [3.05, 3.63) is 77.1 Å². The second kappa shape index (κ2) is 11.8. The number of nitrogens with zero attached hydrogens (tertiary/aromatic N) is 4. The number of aromatic nitrogens is 2. The first-order valence-electron chi connectivity index (χ1n) is 13.5. The van der Waals surface area contributed by atoms with E-state index >= 15 is 0 Å². The van der Waals surface area contributed by atoms with Gasteiger partial charge in [0.25, 0.3) is 0 Å². The lowest BCUT2D eigenvalue weighted by Gasteiger charge is -2.35. The zero-order valence-corrected chi connectivity index (χ0v) is 22.2. The van der Waals surface area contributed by atoms with E-state index in [1.165, 1.54) is 11.8 Å². The molecular formula is C30H36N4O4. The predicted molar refractivity (Wildman–Crippen MR) is 146 cm³/mol. The number of carbonyl (C=O) groups is 1. The molecule has 0 radical (unpaired) electrons. The molecule has 1 N–H and O–H groups in total. The van der Waals surface area contributed by atoms with Crippen molar-refractivity contribution in [2.75, 3.05) is 44.2 Å². The zero-order valence-electron chi connectivity index (χ0n) is 22.2. The van der Waals surface area contributed by atoms with E-state index in [1.54, 1.807) is 0 Å². The van der Waals surface area contributed by atoms with Crippen molar-refractivity contribution in [3.63, 3.8) is 0 Å². The molecule has 0 saturated carbocycles. The van der Waals surface area contributed by atoms with E-state index in [0.29, 0.717) is 37.0 Å². The summed E-state index contributed by atoms with van der Waals surface area (Å²) < 4.78 is 11.9. The number of anilines is 1. The smallest absolute Gasteiger partial charge is 0.339 e. The number of carboxylic acids is 1. The predicted octanol–water partition coefficient (Wildman–Crippen LogP) is 4.12. The molecule has 2 aliphatic heterocycles. The van der Waals surface area contributed by atoms with Gasteiger partial charge in [0.15, 0.2) is 0 Å². The molecule has 2 aromatic carbocycles. The average Bonchev–Trinajstić information content (AvgIpc) is 3.34. The molecule has 3 aromatic rings. The number of carboxylic acid groups (broad SMARTS) is 1. The van der Waals surface area contributed by atoms with Crippen LogP contribution < -0.4 is 14.4 Å². The number of hydrogen-bond donors (Lipinski definition) is 1. The van der Waals surface area contributed by atoms with Gasteiger partial charge in [0.1, 0.15) is 17.6 Å². The lowest BCUT2D eigenvalue weighted by Crippen LogP contribution is -2.49. The maximum Gasteiger partial charge on any atom is 0.339 e. The van der Waals surface area contributed by atoms with Crippen LogP contribution in [0.15, 0.2) is 54.7 Å². The van der Waals surface area contributed by atoms with Crippen LogP contribution >= 0.6 is 0 Å². The van der Waals surface area contributed by atoms with E-state index in [0.717, 1.165) is 56.2 Å². The van der Waals surface area contributed by atoms with E-state index < -0.39 is 5.97 Å². The van der Waals surface area contributed by atoms with Crippen molar-refractivity contribution < 1.29 is 19.4 Å². The number of fused-ring (bicyclic) bond motifs is 1. The molecule has 0 bridgehead atoms. The van der Waals surface area contributed by atoms with Gasteiger partial charge in [-0.1, -0.05) is 44.2 Å². The first kappa shape index (κ1) is 26.0. The fraction of sp³-hybridized carbons (Fsp3) is 0.433. The highest BCUT2D eigenvalue weighted by Gasteiger charge is 2.27. The highest BCUT2D eigenvalue weighted by Crippen LogP contribution is 2.28. The van der Waals surface area contributed by atoms with Crippen molar-refractivity contribution in [3.8, 4) is 11.5 Å². The summed E-state index contributed by atoms with van der Waals surface area (Å²) >= 11 is 0. The minimum atomic E-state index is -0.994. The van der Waals surface area contributed by atoms with Crippen LogP contribution in [0, 0.1) is 5.92 Å². The maximum atomic E-state index is 11.9. The molecule has 200 valence electrons. The van der Waals surface area contributed by atoms with Crippen LogP contribution in [0.25, 0.3) is 0 Å². The summed E-state index contributed by atoms with van der Waals surface area (Å²) in [4.78, 5) is 25.6. The van der Waals surface area contributed by atoms with Gasteiger partial charge in [-0.15, -0.1) is 0 Å². The maximum absolute atomic E-state index is 11.9. The molecule has 0 aliphatic carbocycles. The molecule has 0 amide bonds. The van der Waals surface area contributed by atoms with Crippen LogP contribution in [0.1, 0.15) is 41.0 Å². The molecule has 8 heteroatoms. The summed E-state index contributed by atoms with van der Waals surface area (Å²) in [5, 5.41) is 9.71. The number of hydrogen-bond acceptors (Lipinski definition) is 7. The Hall–Kier alpha value is -3.65. The monoisotopic (exact) mass is 516 g/mol. The van der Waals surface area contributed by atoms with Gasteiger partial charge < -0.3 is 19.5 Å². The molecule has 0 spiro atoms. The molecule has 38 heavy (non-hydrogen) atoms. The van der Waals surface area contributed by atoms with Gasteiger partial charge in [0.05, 0.1) is 17.9 Å². The van der Waals surface area contributed by atoms with Crippen molar-refractivity contribution in [2.45, 2.75) is 39.2 Å². The van der Waals surface area contributed by atoms with E-state index in [2.05, 4.69) is 40.8 Å². The van der Waals surface area contributed by atoms with Gasteiger partial charge >= 0.3 is 5.97 Å². The van der Waals surface area contributed by atoms with E-state index in [9.17, 15) is 9.90 Å². The number of aromatic carboxylic acids is 1. The normalized spacial score (nSPS) is 17.3. The lowest BCUT2D eigenvalue weighted by atomic mass is 10.1. The second-order valence-electron chi connectivity index (χ2n) is 10.5. The number of benzene rings is 2. The minimum Gasteiger partial charge on any atom is -0.493 e. The molecule has 1 fully saturated rings. The van der Waals surface area contributed by atoms with E-state index in [-0.39, 0.29) is 11.7 Å². The van der Waals surface area contributed by atoms with Gasteiger partial charge in [-0.3, -0.25) is 4.90 Å². The molecule has 3 heterocycles. The molecule has 8 nitrogen and oxygen atoms in total. The van der Waals surface area contributed by atoms with Crippen LogP contribution in [0.3, 0.4) is 0 Å². The van der Waals surface area contributed by atoms with Crippen LogP contribution in [0.4, 0.5) is 5.95 Å². The number of ether oxygens (including phenoxy) is 2. The van der Waals surface area contributed by atoms with Crippen LogP contribution in [-0.4, -0.2) is 71.4 Å². The average molecular weight is 517 g/mol. The van der Waals surface area contributed by atoms with E-state index in [4.69, 9.17) is 14.5 Å². The fourth-order valence-electron chi connectivity index (χ4n) is 4.98. The van der Waals surface area contributed by atoms with Gasteiger partial charge in [-0.25, -0.2) is 14.8 Å². The highest BCUT2D eigenvalue weighted by atomic mass is 16.5. The van der Waals surface area contributed by atoms with Crippen LogP contribution in [-0.2, 0) is 19.3 Å². The summed E-state index contributed by atoms with van der Waals surface area (Å²) in [7, 11) is 0. The standard InChI is InChI=1S/C30H36N4O4/c1-21(2)20-37-24-10-7-22(8-11-24)9-12-27-26(29(35)36)18-31-30(32-27)34-15-13-33(14-16-34)19-25-17-23-5-3-4-6-28(23)38-25/h3-8,10-11,18,21,25H,9,12-17,19-20H2,1-2H3,(H,35,36)/t25-/m0/s1. The number of rotatable bonds is 10. The summed E-state index contributed by atoms with van der Waals surface area (Å²) in [5.41, 5.74) is 3.14. The first-order chi connectivity index (χ1) is 18.4. The molecule has 1 aromatic heterocycles. The Labute approximate surface area is 224 Å². The molecule has 2 aliphatic rings. The van der Waals surface area contributed by atoms with Gasteiger partial charge in [0.2, 0.25) is 5.95 Å². The number of aryl methyl sites for hydroxylation is 2. The Morgan fingerprint density at radius 1 is 1.08 bits per heavy atom. The van der Waals surface area contributed by atoms with Crippen LogP contribution in [0.5, 0.6) is 11.5 Å². The third-order valence-corrected chi connectivity index (χ3v) is 7.07. The number of para-hydroxylation sites is 1. The SMILES string of the molecule is CC(C)COc1ccc(CCc2nc(N3CCN(C[C@@H]4Cc5ccccc5O4)CC3)ncc2C(=O)O)cc1. The van der Waals surface area contributed by atoms with E-state index in [1.807, 2.05) is 36.4 Å².